The maximum Gasteiger partial charge on any atom is 0.514 e. The molecule has 0 radical (unpaired) electrons. The van der Waals surface area contributed by atoms with Gasteiger partial charge < -0.3 is 9.47 Å². The van der Waals surface area contributed by atoms with Crippen LogP contribution in [0.15, 0.2) is 24.3 Å². The molecule has 1 rings (SSSR count). The van der Waals surface area contributed by atoms with Gasteiger partial charge in [-0.1, -0.05) is 23.9 Å². The highest BCUT2D eigenvalue weighted by Gasteiger charge is 2.17. The van der Waals surface area contributed by atoms with Crippen LogP contribution in [0, 0.1) is 0 Å². The molecule has 4 heteroatoms. The minimum Gasteiger partial charge on any atom is -0.428 e. The van der Waals surface area contributed by atoms with Crippen LogP contribution < -0.4 is 9.92 Å². The SMILES string of the molecule is C[SiH2]c1ccc(OC(=O)OC(C)(C)C)cc1. The van der Waals surface area contributed by atoms with E-state index in [0.717, 1.165) is 0 Å². The van der Waals surface area contributed by atoms with Gasteiger partial charge in [0.1, 0.15) is 11.4 Å². The van der Waals surface area contributed by atoms with Crippen molar-refractivity contribution in [2.75, 3.05) is 0 Å². The first-order valence-electron chi connectivity index (χ1n) is 5.40. The first kappa shape index (κ1) is 12.8. The van der Waals surface area contributed by atoms with Gasteiger partial charge in [0.15, 0.2) is 0 Å². The summed E-state index contributed by atoms with van der Waals surface area (Å²) in [6.45, 7) is 7.63. The van der Waals surface area contributed by atoms with Crippen LogP contribution in [0.3, 0.4) is 0 Å². The van der Waals surface area contributed by atoms with Crippen molar-refractivity contribution in [1.29, 1.82) is 0 Å². The molecule has 0 aliphatic rings. The molecule has 0 saturated carbocycles. The first-order chi connectivity index (χ1) is 7.40. The monoisotopic (exact) mass is 238 g/mol. The van der Waals surface area contributed by atoms with Crippen LogP contribution in [0.25, 0.3) is 0 Å². The van der Waals surface area contributed by atoms with Crippen molar-refractivity contribution in [3.63, 3.8) is 0 Å². The van der Waals surface area contributed by atoms with E-state index >= 15 is 0 Å². The van der Waals surface area contributed by atoms with Gasteiger partial charge in [-0.15, -0.1) is 0 Å². The van der Waals surface area contributed by atoms with Crippen LogP contribution in [0.5, 0.6) is 5.75 Å². The number of ether oxygens (including phenoxy) is 2. The lowest BCUT2D eigenvalue weighted by molar-refractivity contribution is 0.0206. The van der Waals surface area contributed by atoms with Gasteiger partial charge in [-0.05, 0) is 32.9 Å². The Labute approximate surface area is 98.6 Å². The van der Waals surface area contributed by atoms with E-state index in [1.54, 1.807) is 32.9 Å². The predicted molar refractivity (Wildman–Crippen MR) is 67.3 cm³/mol. The lowest BCUT2D eigenvalue weighted by Gasteiger charge is -2.18. The zero-order valence-corrected chi connectivity index (χ0v) is 11.7. The standard InChI is InChI=1S/C12H18O3Si/c1-12(2,3)15-11(13)14-9-5-7-10(16-4)8-6-9/h5-8H,16H2,1-4H3. The summed E-state index contributed by atoms with van der Waals surface area (Å²) in [5, 5.41) is 1.34. The van der Waals surface area contributed by atoms with Gasteiger partial charge in [0, 0.05) is 0 Å². The van der Waals surface area contributed by atoms with E-state index in [0.29, 0.717) is 5.75 Å². The van der Waals surface area contributed by atoms with E-state index in [1.165, 1.54) is 5.19 Å². The highest BCUT2D eigenvalue weighted by molar-refractivity contribution is 6.51. The van der Waals surface area contributed by atoms with Crippen molar-refractivity contribution in [2.45, 2.75) is 32.9 Å². The molecule has 0 aliphatic carbocycles. The van der Waals surface area contributed by atoms with Crippen LogP contribution in [0.4, 0.5) is 4.79 Å². The van der Waals surface area contributed by atoms with Gasteiger partial charge in [0.05, 0.1) is 9.52 Å². The van der Waals surface area contributed by atoms with Crippen molar-refractivity contribution >= 4 is 20.9 Å². The van der Waals surface area contributed by atoms with Crippen molar-refractivity contribution in [3.05, 3.63) is 24.3 Å². The maximum absolute atomic E-state index is 11.3. The third kappa shape index (κ3) is 4.48. The number of carbonyl (C=O) groups is 1. The fourth-order valence-corrected chi connectivity index (χ4v) is 1.87. The van der Waals surface area contributed by atoms with Crippen LogP contribution in [-0.4, -0.2) is 21.3 Å². The van der Waals surface area contributed by atoms with Gasteiger partial charge in [-0.2, -0.15) is 0 Å². The topological polar surface area (TPSA) is 35.5 Å². The normalized spacial score (nSPS) is 11.8. The van der Waals surface area contributed by atoms with E-state index in [-0.39, 0.29) is 9.52 Å². The first-order valence-corrected chi connectivity index (χ1v) is 7.52. The third-order valence-electron chi connectivity index (χ3n) is 1.92. The van der Waals surface area contributed by atoms with E-state index < -0.39 is 11.8 Å². The highest BCUT2D eigenvalue weighted by Crippen LogP contribution is 2.12. The molecule has 0 N–H and O–H groups in total. The summed E-state index contributed by atoms with van der Waals surface area (Å²) in [6, 6.07) is 7.59. The summed E-state index contributed by atoms with van der Waals surface area (Å²) in [5.41, 5.74) is -0.520. The molecule has 0 fully saturated rings. The fourth-order valence-electron chi connectivity index (χ4n) is 1.16. The lowest BCUT2D eigenvalue weighted by atomic mass is 10.2. The van der Waals surface area contributed by atoms with Crippen molar-refractivity contribution < 1.29 is 14.3 Å². The number of rotatable bonds is 2. The fraction of sp³-hybridized carbons (Fsp3) is 0.417. The molecule has 0 bridgehead atoms. The number of hydrogen-bond acceptors (Lipinski definition) is 3. The van der Waals surface area contributed by atoms with E-state index in [2.05, 4.69) is 6.55 Å². The molecule has 0 spiro atoms. The molecule has 88 valence electrons. The molecular weight excluding hydrogens is 220 g/mol. The second-order valence-electron chi connectivity index (χ2n) is 4.56. The van der Waals surface area contributed by atoms with Crippen molar-refractivity contribution in [1.82, 2.24) is 0 Å². The van der Waals surface area contributed by atoms with Gasteiger partial charge in [-0.25, -0.2) is 4.79 Å². The molecule has 0 saturated heterocycles. The van der Waals surface area contributed by atoms with Gasteiger partial charge in [-0.3, -0.25) is 0 Å². The van der Waals surface area contributed by atoms with Crippen LogP contribution in [0.1, 0.15) is 20.8 Å². The molecule has 0 aliphatic heterocycles. The summed E-state index contributed by atoms with van der Waals surface area (Å²) >= 11 is 0. The molecule has 0 amide bonds. The number of hydrogen-bond donors (Lipinski definition) is 0. The second-order valence-corrected chi connectivity index (χ2v) is 6.09. The minimum atomic E-state index is -0.658. The molecule has 1 aromatic carbocycles. The molecule has 0 heterocycles. The Morgan fingerprint density at radius 3 is 2.19 bits per heavy atom. The maximum atomic E-state index is 11.3. The Balaban J connectivity index is 2.56. The van der Waals surface area contributed by atoms with E-state index in [1.807, 2.05) is 12.1 Å². The summed E-state index contributed by atoms with van der Waals surface area (Å²) in [5.74, 6) is 0.528. The molecule has 0 unspecified atom stereocenters. The van der Waals surface area contributed by atoms with Gasteiger partial charge >= 0.3 is 6.16 Å². The summed E-state index contributed by atoms with van der Waals surface area (Å²) < 4.78 is 10.1. The second kappa shape index (κ2) is 5.16. The summed E-state index contributed by atoms with van der Waals surface area (Å²) in [4.78, 5) is 11.3. The molecular formula is C12H18O3Si. The molecule has 0 atom stereocenters. The van der Waals surface area contributed by atoms with Crippen molar-refractivity contribution in [3.8, 4) is 5.75 Å². The Bertz CT molecular complexity index is 352. The average Bonchev–Trinajstić information content (AvgIpc) is 2.16. The lowest BCUT2D eigenvalue weighted by Crippen LogP contribution is -2.26. The Kier molecular flexibility index (Phi) is 4.12. The van der Waals surface area contributed by atoms with E-state index in [4.69, 9.17) is 9.47 Å². The van der Waals surface area contributed by atoms with Crippen LogP contribution >= 0.6 is 0 Å². The van der Waals surface area contributed by atoms with Gasteiger partial charge in [0.25, 0.3) is 0 Å². The van der Waals surface area contributed by atoms with Crippen molar-refractivity contribution in [2.24, 2.45) is 0 Å². The predicted octanol–water partition coefficient (Wildman–Crippen LogP) is 1.84. The minimum absolute atomic E-state index is 0.151. The van der Waals surface area contributed by atoms with Crippen LogP contribution in [-0.2, 0) is 4.74 Å². The summed E-state index contributed by atoms with van der Waals surface area (Å²) in [7, 11) is -0.151. The number of carbonyl (C=O) groups excluding carboxylic acids is 1. The van der Waals surface area contributed by atoms with E-state index in [9.17, 15) is 4.79 Å². The average molecular weight is 238 g/mol. The smallest absolute Gasteiger partial charge is 0.428 e. The zero-order valence-electron chi connectivity index (χ0n) is 10.2. The Hall–Kier alpha value is -1.29. The Morgan fingerprint density at radius 2 is 1.75 bits per heavy atom. The third-order valence-corrected chi connectivity index (χ3v) is 3.21. The molecule has 1 aromatic rings. The van der Waals surface area contributed by atoms with Gasteiger partial charge in [0.2, 0.25) is 0 Å². The molecule has 0 aromatic heterocycles. The molecule has 16 heavy (non-hydrogen) atoms. The quantitative estimate of drug-likeness (QED) is 0.448. The Morgan fingerprint density at radius 1 is 1.19 bits per heavy atom. The zero-order chi connectivity index (χ0) is 12.2. The molecule has 3 nitrogen and oxygen atoms in total. The largest absolute Gasteiger partial charge is 0.514 e. The van der Waals surface area contributed by atoms with Crippen LogP contribution in [0.2, 0.25) is 6.55 Å². The summed E-state index contributed by atoms with van der Waals surface area (Å²) in [6.07, 6.45) is -0.658. The number of benzene rings is 1. The highest BCUT2D eigenvalue weighted by atomic mass is 28.2.